The van der Waals surface area contributed by atoms with Crippen LogP contribution in [0.15, 0.2) is 29.3 Å². The van der Waals surface area contributed by atoms with Gasteiger partial charge in [0, 0.05) is 25.0 Å². The van der Waals surface area contributed by atoms with Crippen molar-refractivity contribution in [2.45, 2.75) is 37.1 Å². The van der Waals surface area contributed by atoms with Crippen molar-refractivity contribution in [1.29, 1.82) is 0 Å². The fourth-order valence-electron chi connectivity index (χ4n) is 3.52. The standard InChI is InChI=1S/C17H24FN3O2S.HI/c1-19-16(21-15-7-10-24(22,23)11-15)20-12-17(8-2-9-17)13-3-5-14(18)6-4-13;/h3-6,15H,2,7-12H2,1H3,(H2,19,20,21);1H. The molecular weight excluding hydrogens is 456 g/mol. The van der Waals surface area contributed by atoms with Crippen LogP contribution in [0.5, 0.6) is 0 Å². The molecule has 1 aromatic rings. The molecule has 0 aromatic heterocycles. The van der Waals surface area contributed by atoms with Crippen LogP contribution in [0.2, 0.25) is 0 Å². The number of guanidine groups is 1. The molecule has 1 atom stereocenters. The molecule has 0 amide bonds. The second-order valence-corrected chi connectivity index (χ2v) is 9.04. The van der Waals surface area contributed by atoms with Gasteiger partial charge in [-0.3, -0.25) is 4.99 Å². The normalized spacial score (nSPS) is 24.1. The summed E-state index contributed by atoms with van der Waals surface area (Å²) in [5.74, 6) is 0.810. The highest BCUT2D eigenvalue weighted by Crippen LogP contribution is 2.43. The van der Waals surface area contributed by atoms with Gasteiger partial charge in [0.05, 0.1) is 11.5 Å². The number of aliphatic imine (C=N–C) groups is 1. The minimum absolute atomic E-state index is 0. The summed E-state index contributed by atoms with van der Waals surface area (Å²) in [5.41, 5.74) is 1.15. The lowest BCUT2D eigenvalue weighted by molar-refractivity contribution is 0.243. The quantitative estimate of drug-likeness (QED) is 0.393. The Morgan fingerprint density at radius 3 is 2.48 bits per heavy atom. The van der Waals surface area contributed by atoms with Gasteiger partial charge in [0.25, 0.3) is 0 Å². The fraction of sp³-hybridized carbons (Fsp3) is 0.588. The first-order chi connectivity index (χ1) is 11.4. The first-order valence-electron chi connectivity index (χ1n) is 8.36. The van der Waals surface area contributed by atoms with Crippen molar-refractivity contribution in [2.24, 2.45) is 4.99 Å². The molecule has 0 spiro atoms. The van der Waals surface area contributed by atoms with E-state index in [4.69, 9.17) is 0 Å². The summed E-state index contributed by atoms with van der Waals surface area (Å²) < 4.78 is 36.3. The molecule has 140 valence electrons. The van der Waals surface area contributed by atoms with Gasteiger partial charge >= 0.3 is 0 Å². The molecule has 1 heterocycles. The highest BCUT2D eigenvalue weighted by molar-refractivity contribution is 14.0. The Hall–Kier alpha value is -0.900. The molecule has 3 rings (SSSR count). The van der Waals surface area contributed by atoms with Crippen molar-refractivity contribution in [3.63, 3.8) is 0 Å². The van der Waals surface area contributed by atoms with E-state index in [1.807, 2.05) is 12.1 Å². The average Bonchev–Trinajstić information content (AvgIpc) is 2.85. The largest absolute Gasteiger partial charge is 0.356 e. The first kappa shape index (κ1) is 20.4. The van der Waals surface area contributed by atoms with E-state index in [0.717, 1.165) is 24.8 Å². The van der Waals surface area contributed by atoms with Gasteiger partial charge in [0.15, 0.2) is 15.8 Å². The van der Waals surface area contributed by atoms with Crippen LogP contribution in [-0.2, 0) is 15.3 Å². The average molecular weight is 481 g/mol. The number of benzene rings is 1. The van der Waals surface area contributed by atoms with Crippen molar-refractivity contribution in [1.82, 2.24) is 10.6 Å². The molecule has 1 aliphatic carbocycles. The lowest BCUT2D eigenvalue weighted by atomic mass is 9.64. The van der Waals surface area contributed by atoms with E-state index in [9.17, 15) is 12.8 Å². The topological polar surface area (TPSA) is 70.6 Å². The third kappa shape index (κ3) is 4.84. The van der Waals surface area contributed by atoms with Crippen LogP contribution >= 0.6 is 24.0 Å². The predicted molar refractivity (Wildman–Crippen MR) is 109 cm³/mol. The van der Waals surface area contributed by atoms with Crippen LogP contribution in [-0.4, -0.2) is 45.5 Å². The van der Waals surface area contributed by atoms with Crippen LogP contribution in [0.25, 0.3) is 0 Å². The van der Waals surface area contributed by atoms with Crippen molar-refractivity contribution >= 4 is 39.8 Å². The Balaban J connectivity index is 0.00000225. The summed E-state index contributed by atoms with van der Waals surface area (Å²) in [5, 5.41) is 6.53. The molecule has 1 saturated heterocycles. The maximum absolute atomic E-state index is 13.2. The Bertz CT molecular complexity index is 718. The zero-order valence-electron chi connectivity index (χ0n) is 14.3. The number of sulfone groups is 1. The molecule has 1 saturated carbocycles. The summed E-state index contributed by atoms with van der Waals surface area (Å²) in [6.45, 7) is 0.706. The number of nitrogens with zero attached hydrogens (tertiary/aromatic N) is 1. The SMILES string of the molecule is CN=C(NCC1(c2ccc(F)cc2)CCC1)NC1CCS(=O)(=O)C1.I. The van der Waals surface area contributed by atoms with Gasteiger partial charge in [0.2, 0.25) is 0 Å². The lowest BCUT2D eigenvalue weighted by Gasteiger charge is -2.43. The van der Waals surface area contributed by atoms with E-state index in [1.165, 1.54) is 12.1 Å². The molecule has 5 nitrogen and oxygen atoms in total. The Labute approximate surface area is 165 Å². The third-order valence-corrected chi connectivity index (χ3v) is 6.93. The summed E-state index contributed by atoms with van der Waals surface area (Å²) in [6.07, 6.45) is 3.89. The van der Waals surface area contributed by atoms with E-state index in [2.05, 4.69) is 15.6 Å². The Morgan fingerprint density at radius 2 is 2.00 bits per heavy atom. The number of hydrogen-bond donors (Lipinski definition) is 2. The first-order valence-corrected chi connectivity index (χ1v) is 10.2. The van der Waals surface area contributed by atoms with E-state index >= 15 is 0 Å². The molecular formula is C17H25FIN3O2S. The maximum atomic E-state index is 13.2. The van der Waals surface area contributed by atoms with Crippen LogP contribution < -0.4 is 10.6 Å². The number of hydrogen-bond acceptors (Lipinski definition) is 3. The van der Waals surface area contributed by atoms with Gasteiger partial charge in [0.1, 0.15) is 5.82 Å². The Morgan fingerprint density at radius 1 is 1.32 bits per heavy atom. The van der Waals surface area contributed by atoms with Gasteiger partial charge in [-0.15, -0.1) is 24.0 Å². The predicted octanol–water partition coefficient (Wildman–Crippen LogP) is 2.22. The van der Waals surface area contributed by atoms with E-state index < -0.39 is 9.84 Å². The summed E-state index contributed by atoms with van der Waals surface area (Å²) >= 11 is 0. The highest BCUT2D eigenvalue weighted by atomic mass is 127. The van der Waals surface area contributed by atoms with Crippen LogP contribution in [0.3, 0.4) is 0 Å². The van der Waals surface area contributed by atoms with Crippen molar-refractivity contribution in [2.75, 3.05) is 25.1 Å². The zero-order chi connectivity index (χ0) is 17.2. The zero-order valence-corrected chi connectivity index (χ0v) is 17.4. The lowest BCUT2D eigenvalue weighted by Crippen LogP contribution is -2.51. The molecule has 8 heteroatoms. The minimum Gasteiger partial charge on any atom is -0.356 e. The van der Waals surface area contributed by atoms with Crippen LogP contribution in [0, 0.1) is 5.82 Å². The molecule has 2 aliphatic rings. The molecule has 2 fully saturated rings. The molecule has 1 aliphatic heterocycles. The van der Waals surface area contributed by atoms with Gasteiger partial charge in [-0.2, -0.15) is 0 Å². The summed E-state index contributed by atoms with van der Waals surface area (Å²) in [7, 11) is -1.23. The van der Waals surface area contributed by atoms with Gasteiger partial charge in [-0.25, -0.2) is 12.8 Å². The molecule has 2 N–H and O–H groups in total. The van der Waals surface area contributed by atoms with Crippen LogP contribution in [0.4, 0.5) is 4.39 Å². The van der Waals surface area contributed by atoms with Gasteiger partial charge in [-0.1, -0.05) is 18.6 Å². The second-order valence-electron chi connectivity index (χ2n) is 6.81. The number of rotatable bonds is 4. The minimum atomic E-state index is -2.91. The van der Waals surface area contributed by atoms with Gasteiger partial charge in [-0.05, 0) is 37.0 Å². The van der Waals surface area contributed by atoms with Crippen LogP contribution in [0.1, 0.15) is 31.2 Å². The van der Waals surface area contributed by atoms with Crippen molar-refractivity contribution in [3.05, 3.63) is 35.6 Å². The molecule has 0 radical (unpaired) electrons. The Kier molecular flexibility index (Phi) is 6.69. The van der Waals surface area contributed by atoms with Gasteiger partial charge < -0.3 is 10.6 Å². The number of halogens is 2. The third-order valence-electron chi connectivity index (χ3n) is 5.16. The molecule has 0 bridgehead atoms. The van der Waals surface area contributed by atoms with Crippen molar-refractivity contribution < 1.29 is 12.8 Å². The second kappa shape index (κ2) is 8.20. The molecule has 1 aromatic carbocycles. The maximum Gasteiger partial charge on any atom is 0.191 e. The fourth-order valence-corrected chi connectivity index (χ4v) is 5.20. The van der Waals surface area contributed by atoms with E-state index in [0.29, 0.717) is 18.9 Å². The summed E-state index contributed by atoms with van der Waals surface area (Å²) in [4.78, 5) is 4.21. The number of nitrogens with one attached hydrogen (secondary N) is 2. The smallest absolute Gasteiger partial charge is 0.191 e. The molecule has 1 unspecified atom stereocenters. The molecule has 25 heavy (non-hydrogen) atoms. The highest BCUT2D eigenvalue weighted by Gasteiger charge is 2.39. The van der Waals surface area contributed by atoms with E-state index in [-0.39, 0.29) is 52.8 Å². The summed E-state index contributed by atoms with van der Waals surface area (Å²) in [6, 6.07) is 6.65. The monoisotopic (exact) mass is 481 g/mol. The van der Waals surface area contributed by atoms with E-state index in [1.54, 1.807) is 7.05 Å². The van der Waals surface area contributed by atoms with Crippen molar-refractivity contribution in [3.8, 4) is 0 Å².